The van der Waals surface area contributed by atoms with Crippen LogP contribution in [0.3, 0.4) is 0 Å². The summed E-state index contributed by atoms with van der Waals surface area (Å²) in [7, 11) is 3.19. The largest absolute Gasteiger partial charge is 0.493 e. The number of ether oxygens (including phenoxy) is 2. The van der Waals surface area contributed by atoms with Crippen molar-refractivity contribution in [3.8, 4) is 11.5 Å². The van der Waals surface area contributed by atoms with Crippen molar-refractivity contribution in [3.05, 3.63) is 59.4 Å². The lowest BCUT2D eigenvalue weighted by atomic mass is 9.97. The fourth-order valence-corrected chi connectivity index (χ4v) is 2.64. The third-order valence-electron chi connectivity index (χ3n) is 4.11. The zero-order valence-corrected chi connectivity index (χ0v) is 14.8. The third-order valence-corrected chi connectivity index (χ3v) is 4.11. The molecule has 1 amide bonds. The lowest BCUT2D eigenvalue weighted by Crippen LogP contribution is -2.26. The van der Waals surface area contributed by atoms with Crippen molar-refractivity contribution in [1.82, 2.24) is 5.32 Å². The maximum absolute atomic E-state index is 12.9. The number of rotatable bonds is 8. The predicted molar refractivity (Wildman–Crippen MR) is 95.7 cm³/mol. The molecule has 0 heterocycles. The Morgan fingerprint density at radius 1 is 1.08 bits per heavy atom. The van der Waals surface area contributed by atoms with Gasteiger partial charge in [0, 0.05) is 13.0 Å². The van der Waals surface area contributed by atoms with Gasteiger partial charge in [0.1, 0.15) is 5.82 Å². The predicted octanol–water partition coefficient (Wildman–Crippen LogP) is 3.70. The van der Waals surface area contributed by atoms with Crippen LogP contribution in [0.25, 0.3) is 0 Å². The van der Waals surface area contributed by atoms with Gasteiger partial charge in [-0.05, 0) is 47.7 Å². The molecule has 0 spiro atoms. The van der Waals surface area contributed by atoms with E-state index in [1.165, 1.54) is 12.1 Å². The van der Waals surface area contributed by atoms with Gasteiger partial charge in [-0.25, -0.2) is 4.39 Å². The second-order valence-electron chi connectivity index (χ2n) is 5.95. The smallest absolute Gasteiger partial charge is 0.220 e. The molecule has 0 aliphatic rings. The minimum atomic E-state index is -0.268. The average Bonchev–Trinajstić information content (AvgIpc) is 2.62. The van der Waals surface area contributed by atoms with Crippen LogP contribution in [0.4, 0.5) is 4.39 Å². The number of methoxy groups -OCH3 is 2. The highest BCUT2D eigenvalue weighted by Crippen LogP contribution is 2.27. The lowest BCUT2D eigenvalue weighted by Gasteiger charge is -2.13. The lowest BCUT2D eigenvalue weighted by molar-refractivity contribution is -0.121. The first-order valence-electron chi connectivity index (χ1n) is 8.26. The quantitative estimate of drug-likeness (QED) is 0.794. The molecule has 0 saturated heterocycles. The Morgan fingerprint density at radius 2 is 1.76 bits per heavy atom. The molecular weight excluding hydrogens is 321 g/mol. The number of carbonyl (C=O) groups is 1. The van der Waals surface area contributed by atoms with E-state index in [-0.39, 0.29) is 17.6 Å². The van der Waals surface area contributed by atoms with Gasteiger partial charge in [-0.15, -0.1) is 0 Å². The molecule has 1 unspecified atom stereocenters. The molecule has 1 atom stereocenters. The summed E-state index contributed by atoms with van der Waals surface area (Å²) < 4.78 is 23.4. The van der Waals surface area contributed by atoms with Crippen molar-refractivity contribution in [2.45, 2.75) is 25.7 Å². The van der Waals surface area contributed by atoms with Crippen molar-refractivity contribution < 1.29 is 18.7 Å². The van der Waals surface area contributed by atoms with Crippen LogP contribution in [-0.4, -0.2) is 26.7 Å². The van der Waals surface area contributed by atoms with Crippen LogP contribution >= 0.6 is 0 Å². The molecule has 134 valence electrons. The summed E-state index contributed by atoms with van der Waals surface area (Å²) in [5.74, 6) is 1.12. The molecular formula is C20H24FNO3. The van der Waals surface area contributed by atoms with Gasteiger partial charge in [-0.2, -0.15) is 0 Å². The molecule has 0 fully saturated rings. The maximum Gasteiger partial charge on any atom is 0.220 e. The van der Waals surface area contributed by atoms with E-state index in [2.05, 4.69) is 5.32 Å². The van der Waals surface area contributed by atoms with Crippen molar-refractivity contribution >= 4 is 5.91 Å². The fourth-order valence-electron chi connectivity index (χ4n) is 2.64. The van der Waals surface area contributed by atoms with Crippen LogP contribution in [-0.2, 0) is 11.2 Å². The van der Waals surface area contributed by atoms with Crippen molar-refractivity contribution in [3.63, 3.8) is 0 Å². The van der Waals surface area contributed by atoms with Gasteiger partial charge in [-0.3, -0.25) is 4.79 Å². The standard InChI is InChI=1S/C20H24FNO3/c1-14(16-5-7-17(21)8-6-16)12-20(23)22-11-10-15-4-9-18(24-2)19(13-15)25-3/h4-9,13-14H,10-12H2,1-3H3,(H,22,23). The second kappa shape index (κ2) is 9.06. The Labute approximate surface area is 148 Å². The number of nitrogens with one attached hydrogen (secondary N) is 1. The molecule has 2 aromatic rings. The summed E-state index contributed by atoms with van der Waals surface area (Å²) in [5.41, 5.74) is 2.01. The van der Waals surface area contributed by atoms with E-state index in [1.54, 1.807) is 26.4 Å². The Balaban J connectivity index is 1.81. The number of amides is 1. The Hall–Kier alpha value is -2.56. The summed E-state index contributed by atoms with van der Waals surface area (Å²) in [6.07, 6.45) is 1.08. The van der Waals surface area contributed by atoms with E-state index in [1.807, 2.05) is 25.1 Å². The summed E-state index contributed by atoms with van der Waals surface area (Å²) in [4.78, 5) is 12.1. The normalized spacial score (nSPS) is 11.7. The highest BCUT2D eigenvalue weighted by Gasteiger charge is 2.11. The van der Waals surface area contributed by atoms with E-state index in [0.29, 0.717) is 30.9 Å². The van der Waals surface area contributed by atoms with Crippen molar-refractivity contribution in [2.75, 3.05) is 20.8 Å². The van der Waals surface area contributed by atoms with Gasteiger partial charge in [0.05, 0.1) is 14.2 Å². The van der Waals surface area contributed by atoms with E-state index < -0.39 is 0 Å². The molecule has 25 heavy (non-hydrogen) atoms. The molecule has 5 heteroatoms. The molecule has 0 aliphatic heterocycles. The van der Waals surface area contributed by atoms with Gasteiger partial charge in [0.15, 0.2) is 11.5 Å². The molecule has 1 N–H and O–H groups in total. The van der Waals surface area contributed by atoms with Crippen LogP contribution in [0, 0.1) is 5.82 Å². The highest BCUT2D eigenvalue weighted by atomic mass is 19.1. The maximum atomic E-state index is 12.9. The first-order valence-corrected chi connectivity index (χ1v) is 8.26. The van der Waals surface area contributed by atoms with Crippen LogP contribution in [0.2, 0.25) is 0 Å². The topological polar surface area (TPSA) is 47.6 Å². The second-order valence-corrected chi connectivity index (χ2v) is 5.95. The van der Waals surface area contributed by atoms with Crippen molar-refractivity contribution in [2.24, 2.45) is 0 Å². The summed E-state index contributed by atoms with van der Waals surface area (Å²) in [6.45, 7) is 2.51. The van der Waals surface area contributed by atoms with Crippen LogP contribution in [0.1, 0.15) is 30.4 Å². The van der Waals surface area contributed by atoms with E-state index >= 15 is 0 Å². The Morgan fingerprint density at radius 3 is 2.40 bits per heavy atom. The third kappa shape index (κ3) is 5.48. The zero-order valence-electron chi connectivity index (χ0n) is 14.8. The molecule has 0 aromatic heterocycles. The van der Waals surface area contributed by atoms with Gasteiger partial charge < -0.3 is 14.8 Å². The first-order chi connectivity index (χ1) is 12.0. The molecule has 0 saturated carbocycles. The highest BCUT2D eigenvalue weighted by molar-refractivity contribution is 5.76. The molecule has 2 aromatic carbocycles. The molecule has 0 bridgehead atoms. The Kier molecular flexibility index (Phi) is 6.81. The molecule has 2 rings (SSSR count). The number of hydrogen-bond donors (Lipinski definition) is 1. The van der Waals surface area contributed by atoms with Gasteiger partial charge in [0.2, 0.25) is 5.91 Å². The average molecular weight is 345 g/mol. The van der Waals surface area contributed by atoms with E-state index in [4.69, 9.17) is 9.47 Å². The minimum absolute atomic E-state index is 0.0164. The number of halogens is 1. The Bertz CT molecular complexity index is 701. The number of benzene rings is 2. The molecule has 0 radical (unpaired) electrons. The monoisotopic (exact) mass is 345 g/mol. The zero-order chi connectivity index (χ0) is 18.2. The van der Waals surface area contributed by atoms with Gasteiger partial charge in [-0.1, -0.05) is 25.1 Å². The van der Waals surface area contributed by atoms with Gasteiger partial charge >= 0.3 is 0 Å². The minimum Gasteiger partial charge on any atom is -0.493 e. The van der Waals surface area contributed by atoms with Crippen molar-refractivity contribution in [1.29, 1.82) is 0 Å². The SMILES string of the molecule is COc1ccc(CCNC(=O)CC(C)c2ccc(F)cc2)cc1OC. The summed E-state index contributed by atoms with van der Waals surface area (Å²) in [5, 5.41) is 2.92. The fraction of sp³-hybridized carbons (Fsp3) is 0.350. The summed E-state index contributed by atoms with van der Waals surface area (Å²) in [6, 6.07) is 12.0. The number of hydrogen-bond acceptors (Lipinski definition) is 3. The number of carbonyl (C=O) groups excluding carboxylic acids is 1. The van der Waals surface area contributed by atoms with Crippen LogP contribution in [0.5, 0.6) is 11.5 Å². The van der Waals surface area contributed by atoms with Crippen LogP contribution < -0.4 is 14.8 Å². The van der Waals surface area contributed by atoms with E-state index in [9.17, 15) is 9.18 Å². The van der Waals surface area contributed by atoms with Crippen LogP contribution in [0.15, 0.2) is 42.5 Å². The molecule has 4 nitrogen and oxygen atoms in total. The van der Waals surface area contributed by atoms with Gasteiger partial charge in [0.25, 0.3) is 0 Å². The molecule has 0 aliphatic carbocycles. The first kappa shape index (κ1) is 18.8. The van der Waals surface area contributed by atoms with E-state index in [0.717, 1.165) is 11.1 Å². The summed E-state index contributed by atoms with van der Waals surface area (Å²) >= 11 is 0.